The highest BCUT2D eigenvalue weighted by molar-refractivity contribution is 9.10. The quantitative estimate of drug-likeness (QED) is 0.859. The molecule has 0 fully saturated rings. The molecular weight excluding hydrogens is 306 g/mol. The summed E-state index contributed by atoms with van der Waals surface area (Å²) < 4.78 is 2.81. The molecule has 2 aromatic rings. The van der Waals surface area contributed by atoms with Gasteiger partial charge in [0.25, 0.3) is 0 Å². The monoisotopic (exact) mass is 323 g/mol. The van der Waals surface area contributed by atoms with E-state index in [1.807, 2.05) is 24.4 Å². The van der Waals surface area contributed by atoms with E-state index in [1.165, 1.54) is 5.56 Å². The van der Waals surface area contributed by atoms with Gasteiger partial charge < -0.3 is 10.4 Å². The lowest BCUT2D eigenvalue weighted by molar-refractivity contribution is 0.161. The van der Waals surface area contributed by atoms with Crippen molar-refractivity contribution in [1.29, 1.82) is 0 Å². The predicted molar refractivity (Wildman–Crippen MR) is 80.2 cm³/mol. The molecule has 0 bridgehead atoms. The molecular formula is C14H18BrN3O. The summed E-state index contributed by atoms with van der Waals surface area (Å²) in [5.41, 5.74) is 2.31. The Balaban J connectivity index is 1.91. The molecule has 1 aromatic carbocycles. The van der Waals surface area contributed by atoms with E-state index in [0.29, 0.717) is 13.1 Å². The molecule has 4 nitrogen and oxygen atoms in total. The Kier molecular flexibility index (Phi) is 4.99. The second kappa shape index (κ2) is 6.73. The van der Waals surface area contributed by atoms with Crippen LogP contribution in [0, 0.1) is 0 Å². The van der Waals surface area contributed by atoms with E-state index in [9.17, 15) is 5.11 Å². The molecule has 0 aliphatic rings. The zero-order chi connectivity index (χ0) is 13.7. The lowest BCUT2D eigenvalue weighted by Gasteiger charge is -2.15. The van der Waals surface area contributed by atoms with Gasteiger partial charge in [0.1, 0.15) is 0 Å². The van der Waals surface area contributed by atoms with E-state index in [-0.39, 0.29) is 0 Å². The number of rotatable bonds is 6. The summed E-state index contributed by atoms with van der Waals surface area (Å²) in [6.07, 6.45) is 4.05. The summed E-state index contributed by atoms with van der Waals surface area (Å²) in [4.78, 5) is 0. The van der Waals surface area contributed by atoms with Gasteiger partial charge in [-0.05, 0) is 36.2 Å². The fourth-order valence-electron chi connectivity index (χ4n) is 1.94. The summed E-state index contributed by atoms with van der Waals surface area (Å²) in [5.74, 6) is 0. The van der Waals surface area contributed by atoms with Gasteiger partial charge >= 0.3 is 0 Å². The molecule has 1 heterocycles. The maximum atomic E-state index is 9.97. The molecule has 0 saturated carbocycles. The summed E-state index contributed by atoms with van der Waals surface area (Å²) in [6, 6.07) is 7.98. The smallest absolute Gasteiger partial charge is 0.0907 e. The largest absolute Gasteiger partial charge is 0.389 e. The van der Waals surface area contributed by atoms with Gasteiger partial charge in [0, 0.05) is 29.1 Å². The van der Waals surface area contributed by atoms with Gasteiger partial charge in [-0.25, -0.2) is 0 Å². The number of aromatic nitrogens is 2. The Bertz CT molecular complexity index is 513. The highest BCUT2D eigenvalue weighted by atomic mass is 79.9. The van der Waals surface area contributed by atoms with Gasteiger partial charge in [-0.2, -0.15) is 5.10 Å². The Morgan fingerprint density at radius 2 is 2.32 bits per heavy atom. The maximum Gasteiger partial charge on any atom is 0.0907 e. The lowest BCUT2D eigenvalue weighted by Crippen LogP contribution is -2.25. The van der Waals surface area contributed by atoms with Gasteiger partial charge in [0.05, 0.1) is 12.6 Å². The molecule has 5 heteroatoms. The highest BCUT2D eigenvalue weighted by Gasteiger charge is 2.07. The van der Waals surface area contributed by atoms with Crippen LogP contribution >= 0.6 is 15.9 Å². The molecule has 1 atom stereocenters. The Morgan fingerprint density at radius 1 is 1.47 bits per heavy atom. The topological polar surface area (TPSA) is 50.1 Å². The molecule has 19 heavy (non-hydrogen) atoms. The van der Waals surface area contributed by atoms with Crippen LogP contribution in [0.15, 0.2) is 41.1 Å². The van der Waals surface area contributed by atoms with Crippen LogP contribution < -0.4 is 5.32 Å². The van der Waals surface area contributed by atoms with Crippen molar-refractivity contribution in [1.82, 2.24) is 9.78 Å². The Hall–Kier alpha value is -1.33. The van der Waals surface area contributed by atoms with Crippen LogP contribution in [-0.2, 0) is 13.0 Å². The van der Waals surface area contributed by atoms with Crippen LogP contribution in [0.3, 0.4) is 0 Å². The van der Waals surface area contributed by atoms with Crippen LogP contribution in [-0.4, -0.2) is 27.5 Å². The maximum absolute atomic E-state index is 9.97. The number of nitrogens with one attached hydrogen (secondary N) is 1. The van der Waals surface area contributed by atoms with Crippen LogP contribution in [0.5, 0.6) is 0 Å². The molecule has 2 rings (SSSR count). The number of benzene rings is 1. The van der Waals surface area contributed by atoms with Gasteiger partial charge in [0.15, 0.2) is 0 Å². The number of anilines is 1. The van der Waals surface area contributed by atoms with Crippen molar-refractivity contribution in [2.24, 2.45) is 0 Å². The molecule has 0 aliphatic heterocycles. The molecule has 0 aliphatic carbocycles. The number of halogens is 1. The zero-order valence-electron chi connectivity index (χ0n) is 10.9. The van der Waals surface area contributed by atoms with Crippen molar-refractivity contribution in [3.8, 4) is 0 Å². The first-order valence-electron chi connectivity index (χ1n) is 6.37. The number of hydrogen-bond acceptors (Lipinski definition) is 3. The van der Waals surface area contributed by atoms with E-state index in [1.54, 1.807) is 10.9 Å². The molecule has 0 radical (unpaired) electrons. The average Bonchev–Trinajstić information content (AvgIpc) is 2.90. The number of aryl methyl sites for hydroxylation is 1. The Morgan fingerprint density at radius 3 is 3.00 bits per heavy atom. The molecule has 0 spiro atoms. The summed E-state index contributed by atoms with van der Waals surface area (Å²) in [7, 11) is 0. The molecule has 2 N–H and O–H groups in total. The minimum absolute atomic E-state index is 0.465. The summed E-state index contributed by atoms with van der Waals surface area (Å²) in [6.45, 7) is 3.12. The average molecular weight is 324 g/mol. The normalized spacial score (nSPS) is 12.4. The van der Waals surface area contributed by atoms with Gasteiger partial charge in [-0.15, -0.1) is 0 Å². The van der Waals surface area contributed by atoms with Crippen molar-refractivity contribution in [2.75, 3.05) is 11.9 Å². The second-order valence-electron chi connectivity index (χ2n) is 4.42. The van der Waals surface area contributed by atoms with E-state index in [4.69, 9.17) is 0 Å². The number of nitrogens with zero attached hydrogens (tertiary/aromatic N) is 2. The summed E-state index contributed by atoms with van der Waals surface area (Å²) >= 11 is 3.47. The van der Waals surface area contributed by atoms with E-state index in [2.05, 4.69) is 39.3 Å². The fourth-order valence-corrected chi connectivity index (χ4v) is 2.35. The number of aliphatic hydroxyl groups is 1. The minimum Gasteiger partial charge on any atom is -0.389 e. The molecule has 1 unspecified atom stereocenters. The van der Waals surface area contributed by atoms with Crippen molar-refractivity contribution < 1.29 is 5.11 Å². The van der Waals surface area contributed by atoms with Crippen molar-refractivity contribution in [3.05, 3.63) is 46.7 Å². The van der Waals surface area contributed by atoms with Crippen molar-refractivity contribution >= 4 is 21.6 Å². The first-order valence-corrected chi connectivity index (χ1v) is 7.16. The lowest BCUT2D eigenvalue weighted by atomic mass is 10.1. The summed E-state index contributed by atoms with van der Waals surface area (Å²) in [5, 5.41) is 17.3. The first kappa shape index (κ1) is 14.1. The zero-order valence-corrected chi connectivity index (χ0v) is 12.5. The standard InChI is InChI=1S/C14H18BrN3O/c1-2-11-8-12(15)4-5-14(11)16-9-13(19)10-18-7-3-6-17-18/h3-8,13,16,19H,2,9-10H2,1H3. The van der Waals surface area contributed by atoms with Gasteiger partial charge in [-0.1, -0.05) is 22.9 Å². The third-order valence-electron chi connectivity index (χ3n) is 2.93. The molecule has 0 amide bonds. The number of hydrogen-bond donors (Lipinski definition) is 2. The highest BCUT2D eigenvalue weighted by Crippen LogP contribution is 2.21. The van der Waals surface area contributed by atoms with Crippen LogP contribution in [0.25, 0.3) is 0 Å². The van der Waals surface area contributed by atoms with Crippen LogP contribution in [0.2, 0.25) is 0 Å². The van der Waals surface area contributed by atoms with Crippen molar-refractivity contribution in [3.63, 3.8) is 0 Å². The fraction of sp³-hybridized carbons (Fsp3) is 0.357. The third-order valence-corrected chi connectivity index (χ3v) is 3.43. The third kappa shape index (κ3) is 4.08. The van der Waals surface area contributed by atoms with Crippen molar-refractivity contribution in [2.45, 2.75) is 26.0 Å². The number of aliphatic hydroxyl groups excluding tert-OH is 1. The van der Waals surface area contributed by atoms with E-state index < -0.39 is 6.10 Å². The molecule has 102 valence electrons. The van der Waals surface area contributed by atoms with E-state index >= 15 is 0 Å². The van der Waals surface area contributed by atoms with Crippen LogP contribution in [0.1, 0.15) is 12.5 Å². The van der Waals surface area contributed by atoms with Crippen LogP contribution in [0.4, 0.5) is 5.69 Å². The predicted octanol–water partition coefficient (Wildman–Crippen LogP) is 2.68. The SMILES string of the molecule is CCc1cc(Br)ccc1NCC(O)Cn1cccn1. The van der Waals surface area contributed by atoms with Gasteiger partial charge in [-0.3, -0.25) is 4.68 Å². The van der Waals surface area contributed by atoms with E-state index in [0.717, 1.165) is 16.6 Å². The molecule has 1 aromatic heterocycles. The molecule has 0 saturated heterocycles. The minimum atomic E-state index is -0.465. The Labute approximate surface area is 121 Å². The second-order valence-corrected chi connectivity index (χ2v) is 5.33. The first-order chi connectivity index (χ1) is 9.19. The van der Waals surface area contributed by atoms with Gasteiger partial charge in [0.2, 0.25) is 0 Å².